The van der Waals surface area contributed by atoms with Gasteiger partial charge < -0.3 is 14.7 Å². The maximum Gasteiger partial charge on any atom is 0.328 e. The zero-order chi connectivity index (χ0) is 15.8. The van der Waals surface area contributed by atoms with E-state index in [9.17, 15) is 9.59 Å². The van der Waals surface area contributed by atoms with Gasteiger partial charge in [0.1, 0.15) is 0 Å². The van der Waals surface area contributed by atoms with Crippen LogP contribution in [0.1, 0.15) is 29.1 Å². The van der Waals surface area contributed by atoms with E-state index >= 15 is 0 Å². The van der Waals surface area contributed by atoms with Gasteiger partial charge in [0, 0.05) is 26.3 Å². The molecule has 0 spiro atoms. The summed E-state index contributed by atoms with van der Waals surface area (Å²) in [7, 11) is 1.60. The van der Waals surface area contributed by atoms with Crippen LogP contribution >= 0.6 is 11.3 Å². The number of thiophene rings is 1. The first-order valence-corrected chi connectivity index (χ1v) is 7.60. The van der Waals surface area contributed by atoms with E-state index in [2.05, 4.69) is 0 Å². The molecule has 1 aromatic rings. The molecule has 0 radical (unpaired) electrons. The Kier molecular flexibility index (Phi) is 7.11. The number of aliphatic carboxylic acids is 1. The van der Waals surface area contributed by atoms with E-state index in [0.717, 1.165) is 6.08 Å². The van der Waals surface area contributed by atoms with E-state index in [0.29, 0.717) is 36.1 Å². The number of carboxylic acids is 1. The molecule has 1 heterocycles. The maximum absolute atomic E-state index is 12.6. The monoisotopic (exact) mass is 311 g/mol. The molecule has 0 saturated heterocycles. The Bertz CT molecular complexity index is 508. The summed E-state index contributed by atoms with van der Waals surface area (Å²) in [6.45, 7) is 5.74. The zero-order valence-electron chi connectivity index (χ0n) is 12.5. The summed E-state index contributed by atoms with van der Waals surface area (Å²) >= 11 is 1.32. The largest absolute Gasteiger partial charge is 0.478 e. The standard InChI is InChI=1S/C15H21NO4S/c1-11(2)10-16(7-8-20-3)15(19)14-12(6-9-21-14)4-5-13(17)18/h4-6,9,11H,7-8,10H2,1-3H3,(H,17,18). The van der Waals surface area contributed by atoms with Crippen LogP contribution in [0.2, 0.25) is 0 Å². The smallest absolute Gasteiger partial charge is 0.328 e. The van der Waals surface area contributed by atoms with Gasteiger partial charge in [0.05, 0.1) is 11.5 Å². The fourth-order valence-electron chi connectivity index (χ4n) is 1.85. The number of hydrogen-bond donors (Lipinski definition) is 1. The highest BCUT2D eigenvalue weighted by Crippen LogP contribution is 2.21. The van der Waals surface area contributed by atoms with Gasteiger partial charge in [0.15, 0.2) is 0 Å². The molecule has 0 fully saturated rings. The molecule has 0 saturated carbocycles. The number of rotatable bonds is 8. The molecule has 1 rings (SSSR count). The molecule has 116 valence electrons. The van der Waals surface area contributed by atoms with Crippen molar-refractivity contribution < 1.29 is 19.4 Å². The summed E-state index contributed by atoms with van der Waals surface area (Å²) < 4.78 is 5.05. The van der Waals surface area contributed by atoms with Crippen LogP contribution in [0, 0.1) is 5.92 Å². The average molecular weight is 311 g/mol. The maximum atomic E-state index is 12.6. The molecule has 0 unspecified atom stereocenters. The molecule has 21 heavy (non-hydrogen) atoms. The summed E-state index contributed by atoms with van der Waals surface area (Å²) in [5.74, 6) is -0.761. The molecular weight excluding hydrogens is 290 g/mol. The highest BCUT2D eigenvalue weighted by Gasteiger charge is 2.20. The second-order valence-corrected chi connectivity index (χ2v) is 5.93. The van der Waals surface area contributed by atoms with Crippen LogP contribution in [0.25, 0.3) is 6.08 Å². The second kappa shape index (κ2) is 8.59. The minimum absolute atomic E-state index is 0.0826. The number of nitrogens with zero attached hydrogens (tertiary/aromatic N) is 1. The first-order chi connectivity index (χ1) is 9.95. The van der Waals surface area contributed by atoms with Crippen LogP contribution in [-0.4, -0.2) is 48.7 Å². The normalized spacial score (nSPS) is 11.2. The van der Waals surface area contributed by atoms with Gasteiger partial charge in [-0.1, -0.05) is 13.8 Å². The summed E-state index contributed by atoms with van der Waals surface area (Å²) in [4.78, 5) is 25.5. The van der Waals surface area contributed by atoms with Gasteiger partial charge in [-0.2, -0.15) is 0 Å². The van der Waals surface area contributed by atoms with Crippen molar-refractivity contribution in [1.82, 2.24) is 4.90 Å². The van der Waals surface area contributed by atoms with Gasteiger partial charge in [0.25, 0.3) is 5.91 Å². The average Bonchev–Trinajstić information content (AvgIpc) is 2.88. The first kappa shape index (κ1) is 17.4. The molecule has 5 nitrogen and oxygen atoms in total. The lowest BCUT2D eigenvalue weighted by atomic mass is 10.1. The fourth-order valence-corrected chi connectivity index (χ4v) is 2.70. The van der Waals surface area contributed by atoms with Crippen LogP contribution in [0.5, 0.6) is 0 Å². The van der Waals surface area contributed by atoms with E-state index in [-0.39, 0.29) is 5.91 Å². The topological polar surface area (TPSA) is 66.8 Å². The Hall–Kier alpha value is -1.66. The van der Waals surface area contributed by atoms with Crippen LogP contribution in [-0.2, 0) is 9.53 Å². The quantitative estimate of drug-likeness (QED) is 0.749. The Labute approximate surface area is 128 Å². The Morgan fingerprint density at radius 3 is 2.76 bits per heavy atom. The van der Waals surface area contributed by atoms with Crippen LogP contribution in [0.3, 0.4) is 0 Å². The van der Waals surface area contributed by atoms with Gasteiger partial charge in [0.2, 0.25) is 0 Å². The van der Waals surface area contributed by atoms with Crippen LogP contribution in [0.4, 0.5) is 0 Å². The van der Waals surface area contributed by atoms with Crippen molar-refractivity contribution in [3.8, 4) is 0 Å². The third-order valence-corrected chi connectivity index (χ3v) is 3.65. The lowest BCUT2D eigenvalue weighted by Crippen LogP contribution is -2.36. The first-order valence-electron chi connectivity index (χ1n) is 6.72. The molecule has 0 atom stereocenters. The minimum atomic E-state index is -1.03. The van der Waals surface area contributed by atoms with Gasteiger partial charge in [-0.15, -0.1) is 11.3 Å². The van der Waals surface area contributed by atoms with Gasteiger partial charge in [-0.3, -0.25) is 4.79 Å². The number of amides is 1. The third-order valence-electron chi connectivity index (χ3n) is 2.73. The molecule has 0 aromatic carbocycles. The Morgan fingerprint density at radius 1 is 1.48 bits per heavy atom. The lowest BCUT2D eigenvalue weighted by Gasteiger charge is -2.24. The number of ether oxygens (including phenoxy) is 1. The van der Waals surface area contributed by atoms with E-state index < -0.39 is 5.97 Å². The van der Waals surface area contributed by atoms with Crippen molar-refractivity contribution in [2.24, 2.45) is 5.92 Å². The van der Waals surface area contributed by atoms with Crippen molar-refractivity contribution in [3.05, 3.63) is 28.0 Å². The summed E-state index contributed by atoms with van der Waals surface area (Å²) in [5.41, 5.74) is 0.638. The molecule has 0 bridgehead atoms. The van der Waals surface area contributed by atoms with Gasteiger partial charge in [-0.05, 0) is 29.0 Å². The molecule has 0 aliphatic rings. The van der Waals surface area contributed by atoms with Gasteiger partial charge in [-0.25, -0.2) is 4.79 Å². The Morgan fingerprint density at radius 2 is 2.19 bits per heavy atom. The number of carboxylic acid groups (broad SMARTS) is 1. The van der Waals surface area contributed by atoms with Gasteiger partial charge >= 0.3 is 5.97 Å². The van der Waals surface area contributed by atoms with Crippen molar-refractivity contribution in [2.75, 3.05) is 26.8 Å². The van der Waals surface area contributed by atoms with Crippen LogP contribution < -0.4 is 0 Å². The number of methoxy groups -OCH3 is 1. The highest BCUT2D eigenvalue weighted by atomic mass is 32.1. The predicted octanol–water partition coefficient (Wildman–Crippen LogP) is 2.59. The van der Waals surface area contributed by atoms with E-state index in [1.54, 1.807) is 23.5 Å². The van der Waals surface area contributed by atoms with E-state index in [4.69, 9.17) is 9.84 Å². The van der Waals surface area contributed by atoms with E-state index in [1.165, 1.54) is 17.4 Å². The van der Waals surface area contributed by atoms with Crippen molar-refractivity contribution in [1.29, 1.82) is 0 Å². The SMILES string of the molecule is COCCN(CC(C)C)C(=O)c1sccc1C=CC(=O)O. The van der Waals surface area contributed by atoms with Crippen molar-refractivity contribution >= 4 is 29.3 Å². The summed E-state index contributed by atoms with van der Waals surface area (Å²) in [5, 5.41) is 10.5. The zero-order valence-corrected chi connectivity index (χ0v) is 13.4. The molecule has 1 amide bonds. The fraction of sp³-hybridized carbons (Fsp3) is 0.467. The molecular formula is C15H21NO4S. The molecule has 0 aliphatic heterocycles. The number of carbonyl (C=O) groups is 2. The minimum Gasteiger partial charge on any atom is -0.478 e. The predicted molar refractivity (Wildman–Crippen MR) is 83.6 cm³/mol. The number of carbonyl (C=O) groups excluding carboxylic acids is 1. The highest BCUT2D eigenvalue weighted by molar-refractivity contribution is 7.12. The molecule has 1 aromatic heterocycles. The van der Waals surface area contributed by atoms with Crippen molar-refractivity contribution in [2.45, 2.75) is 13.8 Å². The molecule has 6 heteroatoms. The Balaban J connectivity index is 2.92. The van der Waals surface area contributed by atoms with E-state index in [1.807, 2.05) is 13.8 Å². The lowest BCUT2D eigenvalue weighted by molar-refractivity contribution is -0.131. The summed E-state index contributed by atoms with van der Waals surface area (Å²) in [6.07, 6.45) is 2.50. The molecule has 0 aliphatic carbocycles. The summed E-state index contributed by atoms with van der Waals surface area (Å²) in [6, 6.07) is 1.75. The second-order valence-electron chi connectivity index (χ2n) is 5.01. The van der Waals surface area contributed by atoms with Crippen molar-refractivity contribution in [3.63, 3.8) is 0 Å². The third kappa shape index (κ3) is 5.69. The van der Waals surface area contributed by atoms with Crippen LogP contribution in [0.15, 0.2) is 17.5 Å². The molecule has 1 N–H and O–H groups in total. The number of hydrogen-bond acceptors (Lipinski definition) is 4.